The predicted molar refractivity (Wildman–Crippen MR) is 104 cm³/mol. The fourth-order valence-electron chi connectivity index (χ4n) is 4.99. The van der Waals surface area contributed by atoms with Crippen LogP contribution in [0.15, 0.2) is 18.2 Å². The number of piperidine rings is 1. The molecule has 29 heavy (non-hydrogen) atoms. The van der Waals surface area contributed by atoms with Crippen LogP contribution in [0, 0.1) is 0 Å². The van der Waals surface area contributed by atoms with Crippen molar-refractivity contribution >= 4 is 17.7 Å². The van der Waals surface area contributed by atoms with E-state index in [9.17, 15) is 14.4 Å². The lowest BCUT2D eigenvalue weighted by Gasteiger charge is -2.32. The van der Waals surface area contributed by atoms with Crippen molar-refractivity contribution in [2.45, 2.75) is 56.5 Å². The van der Waals surface area contributed by atoms with Crippen LogP contribution in [0.4, 0.5) is 0 Å². The molecule has 0 aromatic heterocycles. The number of hydrogen-bond donors (Lipinski definition) is 3. The van der Waals surface area contributed by atoms with Crippen molar-refractivity contribution in [3.8, 4) is 0 Å². The Labute approximate surface area is 169 Å². The molecule has 3 amide bonds. The molecular formula is C21H26N4O4. The maximum absolute atomic E-state index is 12.9. The van der Waals surface area contributed by atoms with Crippen molar-refractivity contribution < 1.29 is 19.1 Å². The number of benzene rings is 1. The van der Waals surface area contributed by atoms with Gasteiger partial charge in [-0.1, -0.05) is 12.1 Å². The highest BCUT2D eigenvalue weighted by molar-refractivity contribution is 6.05. The van der Waals surface area contributed by atoms with E-state index in [0.29, 0.717) is 31.1 Å². The average Bonchev–Trinajstić information content (AvgIpc) is 3.18. The molecule has 0 spiro atoms. The van der Waals surface area contributed by atoms with Gasteiger partial charge in [-0.2, -0.15) is 0 Å². The molecule has 4 aliphatic heterocycles. The number of nitrogens with one attached hydrogen (secondary N) is 3. The summed E-state index contributed by atoms with van der Waals surface area (Å²) in [7, 11) is 0. The predicted octanol–water partition coefficient (Wildman–Crippen LogP) is 0.0582. The molecule has 8 nitrogen and oxygen atoms in total. The van der Waals surface area contributed by atoms with Crippen LogP contribution >= 0.6 is 0 Å². The number of nitrogens with zero attached hydrogens (tertiary/aromatic N) is 1. The fraction of sp³-hybridized carbons (Fsp3) is 0.571. The van der Waals surface area contributed by atoms with Crippen LogP contribution in [0.2, 0.25) is 0 Å². The summed E-state index contributed by atoms with van der Waals surface area (Å²) in [5.74, 6) is -0.776. The second kappa shape index (κ2) is 7.19. The minimum Gasteiger partial charge on any atom is -0.372 e. The number of fused-ring (bicyclic) bond motifs is 3. The third-order valence-corrected chi connectivity index (χ3v) is 6.57. The SMILES string of the molecule is O=C1CCC(N2Cc3ccc(CNCC45CNC(CCO4)C5)cc3C2=O)C(=O)N1. The van der Waals surface area contributed by atoms with Crippen LogP contribution in [0.3, 0.4) is 0 Å². The van der Waals surface area contributed by atoms with Gasteiger partial charge < -0.3 is 20.3 Å². The average molecular weight is 398 g/mol. The van der Waals surface area contributed by atoms with E-state index in [1.54, 1.807) is 4.90 Å². The number of amides is 3. The summed E-state index contributed by atoms with van der Waals surface area (Å²) in [6.07, 6.45) is 2.78. The number of carbonyl (C=O) groups excluding carboxylic acids is 3. The van der Waals surface area contributed by atoms with E-state index >= 15 is 0 Å². The van der Waals surface area contributed by atoms with Crippen LogP contribution in [-0.4, -0.2) is 60.0 Å². The zero-order valence-corrected chi connectivity index (χ0v) is 16.3. The van der Waals surface area contributed by atoms with Crippen molar-refractivity contribution in [2.75, 3.05) is 19.7 Å². The number of ether oxygens (including phenoxy) is 1. The largest absolute Gasteiger partial charge is 0.372 e. The lowest BCUT2D eigenvalue weighted by molar-refractivity contribution is -0.136. The Morgan fingerprint density at radius 2 is 2.14 bits per heavy atom. The van der Waals surface area contributed by atoms with Gasteiger partial charge in [0.1, 0.15) is 6.04 Å². The number of hydrogen-bond acceptors (Lipinski definition) is 6. The zero-order valence-electron chi connectivity index (χ0n) is 16.3. The third-order valence-electron chi connectivity index (χ3n) is 6.57. The molecule has 4 aliphatic rings. The normalized spacial score (nSPS) is 31.2. The first-order valence-electron chi connectivity index (χ1n) is 10.4. The van der Waals surface area contributed by atoms with Crippen molar-refractivity contribution in [3.63, 3.8) is 0 Å². The Morgan fingerprint density at radius 3 is 3.00 bits per heavy atom. The molecule has 4 heterocycles. The molecule has 3 atom stereocenters. The van der Waals surface area contributed by atoms with Gasteiger partial charge in [0.25, 0.3) is 5.91 Å². The highest BCUT2D eigenvalue weighted by atomic mass is 16.5. The van der Waals surface area contributed by atoms with Crippen molar-refractivity contribution in [3.05, 3.63) is 34.9 Å². The standard InChI is InChI=1S/C21H26N4O4/c26-18-4-3-17(19(27)24-18)25-10-14-2-1-13(7-16(14)20(25)28)9-22-11-21-8-15(23-12-21)5-6-29-21/h1-2,7,15,17,22-23H,3-6,8-12H2,(H,24,26,27). The zero-order chi connectivity index (χ0) is 20.0. The first kappa shape index (κ1) is 18.7. The minimum atomic E-state index is -0.570. The molecule has 0 aliphatic carbocycles. The van der Waals surface area contributed by atoms with Crippen LogP contribution in [0.1, 0.15) is 47.2 Å². The first-order valence-corrected chi connectivity index (χ1v) is 10.4. The fourth-order valence-corrected chi connectivity index (χ4v) is 4.99. The molecule has 0 radical (unpaired) electrons. The smallest absolute Gasteiger partial charge is 0.255 e. The molecule has 154 valence electrons. The second-order valence-electron chi connectivity index (χ2n) is 8.60. The Hall–Kier alpha value is -2.29. The van der Waals surface area contributed by atoms with Gasteiger partial charge in [-0.05, 0) is 36.5 Å². The molecule has 2 bridgehead atoms. The van der Waals surface area contributed by atoms with Gasteiger partial charge in [-0.25, -0.2) is 0 Å². The summed E-state index contributed by atoms with van der Waals surface area (Å²) in [4.78, 5) is 38.0. The van der Waals surface area contributed by atoms with Gasteiger partial charge in [0.05, 0.1) is 5.60 Å². The van der Waals surface area contributed by atoms with Gasteiger partial charge in [0.15, 0.2) is 0 Å². The molecule has 5 rings (SSSR count). The van der Waals surface area contributed by atoms with Crippen LogP contribution < -0.4 is 16.0 Å². The van der Waals surface area contributed by atoms with Crippen LogP contribution in [-0.2, 0) is 27.4 Å². The Morgan fingerprint density at radius 1 is 1.24 bits per heavy atom. The highest BCUT2D eigenvalue weighted by Crippen LogP contribution is 2.30. The Bertz CT molecular complexity index is 868. The Kier molecular flexibility index (Phi) is 4.64. The van der Waals surface area contributed by atoms with E-state index in [4.69, 9.17) is 4.74 Å². The van der Waals surface area contributed by atoms with Crippen LogP contribution in [0.5, 0.6) is 0 Å². The minimum absolute atomic E-state index is 0.113. The van der Waals surface area contributed by atoms with E-state index in [0.717, 1.165) is 43.7 Å². The third kappa shape index (κ3) is 3.45. The highest BCUT2D eigenvalue weighted by Gasteiger charge is 2.43. The molecule has 1 aromatic carbocycles. The maximum atomic E-state index is 12.9. The topological polar surface area (TPSA) is 99.8 Å². The quantitative estimate of drug-likeness (QED) is 0.607. The molecule has 0 saturated carbocycles. The molecule has 1 aromatic rings. The van der Waals surface area contributed by atoms with Crippen LogP contribution in [0.25, 0.3) is 0 Å². The Balaban J connectivity index is 1.22. The number of imide groups is 1. The molecule has 3 unspecified atom stereocenters. The monoisotopic (exact) mass is 398 g/mol. The number of rotatable bonds is 5. The molecule has 3 saturated heterocycles. The second-order valence-corrected chi connectivity index (χ2v) is 8.60. The van der Waals surface area contributed by atoms with E-state index < -0.39 is 6.04 Å². The lowest BCUT2D eigenvalue weighted by atomic mass is 9.95. The molecular weight excluding hydrogens is 372 g/mol. The van der Waals surface area contributed by atoms with E-state index in [-0.39, 0.29) is 29.7 Å². The van der Waals surface area contributed by atoms with Gasteiger partial charge in [0.2, 0.25) is 11.8 Å². The summed E-state index contributed by atoms with van der Waals surface area (Å²) in [5, 5.41) is 9.35. The molecule has 3 N–H and O–H groups in total. The molecule has 3 fully saturated rings. The first-order chi connectivity index (χ1) is 14.0. The van der Waals surface area contributed by atoms with Crippen molar-refractivity contribution in [1.82, 2.24) is 20.9 Å². The maximum Gasteiger partial charge on any atom is 0.255 e. The summed E-state index contributed by atoms with van der Waals surface area (Å²) < 4.78 is 6.04. The van der Waals surface area contributed by atoms with Gasteiger partial charge in [-0.3, -0.25) is 19.7 Å². The van der Waals surface area contributed by atoms with Gasteiger partial charge >= 0.3 is 0 Å². The number of carbonyl (C=O) groups is 3. The van der Waals surface area contributed by atoms with E-state index in [2.05, 4.69) is 16.0 Å². The van der Waals surface area contributed by atoms with Crippen molar-refractivity contribution in [2.24, 2.45) is 0 Å². The van der Waals surface area contributed by atoms with E-state index in [1.807, 2.05) is 18.2 Å². The van der Waals surface area contributed by atoms with Crippen molar-refractivity contribution in [1.29, 1.82) is 0 Å². The lowest BCUT2D eigenvalue weighted by Crippen LogP contribution is -2.52. The summed E-state index contributed by atoms with van der Waals surface area (Å²) in [5.41, 5.74) is 2.51. The molecule has 8 heteroatoms. The van der Waals surface area contributed by atoms with Gasteiger partial charge in [0, 0.05) is 50.8 Å². The summed E-state index contributed by atoms with van der Waals surface area (Å²) >= 11 is 0. The van der Waals surface area contributed by atoms with E-state index in [1.165, 1.54) is 0 Å². The van der Waals surface area contributed by atoms with Gasteiger partial charge in [-0.15, -0.1) is 0 Å². The summed E-state index contributed by atoms with van der Waals surface area (Å²) in [6, 6.07) is 5.92. The summed E-state index contributed by atoms with van der Waals surface area (Å²) in [6.45, 7) is 3.55.